The summed E-state index contributed by atoms with van der Waals surface area (Å²) >= 11 is 0. The van der Waals surface area contributed by atoms with Crippen LogP contribution >= 0.6 is 0 Å². The van der Waals surface area contributed by atoms with Crippen molar-refractivity contribution in [3.05, 3.63) is 59.7 Å². The molecule has 3 rings (SSSR count). The van der Waals surface area contributed by atoms with Crippen molar-refractivity contribution in [1.82, 2.24) is 29.9 Å². The van der Waals surface area contributed by atoms with Gasteiger partial charge in [-0.2, -0.15) is 15.0 Å². The van der Waals surface area contributed by atoms with Gasteiger partial charge in [-0.15, -0.1) is 0 Å². The van der Waals surface area contributed by atoms with Gasteiger partial charge in [-0.25, -0.2) is 18.7 Å². The van der Waals surface area contributed by atoms with Crippen molar-refractivity contribution < 1.29 is 18.3 Å². The first kappa shape index (κ1) is 22.3. The number of benzene rings is 1. The van der Waals surface area contributed by atoms with E-state index in [1.54, 1.807) is 23.4 Å². The Morgan fingerprint density at radius 3 is 2.45 bits per heavy atom. The van der Waals surface area contributed by atoms with Crippen LogP contribution in [0.15, 0.2) is 43.0 Å². The minimum atomic E-state index is -3.02. The van der Waals surface area contributed by atoms with Crippen LogP contribution in [0.3, 0.4) is 0 Å². The summed E-state index contributed by atoms with van der Waals surface area (Å²) in [6.45, 7) is 6.93. The second-order valence-electron chi connectivity index (χ2n) is 7.23. The summed E-state index contributed by atoms with van der Waals surface area (Å²) < 4.78 is 32.1. The number of aryl methyl sites for hydroxylation is 1. The second kappa shape index (κ2) is 9.15. The van der Waals surface area contributed by atoms with Gasteiger partial charge < -0.3 is 9.64 Å². The summed E-state index contributed by atoms with van der Waals surface area (Å²) in [5, 5.41) is 8.28. The molecule has 0 saturated heterocycles. The zero-order chi connectivity index (χ0) is 22.6. The number of aromatic nitrogens is 5. The third kappa shape index (κ3) is 5.19. The summed E-state index contributed by atoms with van der Waals surface area (Å²) in [4.78, 5) is 24.0. The topological polar surface area (TPSA) is 86.0 Å². The van der Waals surface area contributed by atoms with Crippen molar-refractivity contribution in [2.24, 2.45) is 0 Å². The molecule has 0 N–H and O–H groups in total. The van der Waals surface area contributed by atoms with Crippen molar-refractivity contribution in [2.45, 2.75) is 39.7 Å². The van der Waals surface area contributed by atoms with Crippen LogP contribution in [0.1, 0.15) is 42.3 Å². The fraction of sp³-hybridized carbons (Fsp3) is 0.381. The van der Waals surface area contributed by atoms with Gasteiger partial charge in [0, 0.05) is 25.9 Å². The first-order valence-corrected chi connectivity index (χ1v) is 9.82. The number of alkyl halides is 2. The SMILES string of the molecule is CCN(C(=O)c1ccc(C)cc1-n1nccn1)[C@@H](C)COc1ncc(C(C)(F)F)cn1. The van der Waals surface area contributed by atoms with E-state index >= 15 is 0 Å². The zero-order valence-corrected chi connectivity index (χ0v) is 17.8. The van der Waals surface area contributed by atoms with E-state index in [0.717, 1.165) is 24.9 Å². The molecule has 2 aromatic heterocycles. The maximum absolute atomic E-state index is 13.3. The summed E-state index contributed by atoms with van der Waals surface area (Å²) in [5.41, 5.74) is 1.72. The van der Waals surface area contributed by atoms with Crippen LogP contribution in [0.4, 0.5) is 8.78 Å². The zero-order valence-electron chi connectivity index (χ0n) is 17.8. The van der Waals surface area contributed by atoms with Crippen molar-refractivity contribution in [3.63, 3.8) is 0 Å². The molecule has 164 valence electrons. The third-order valence-corrected chi connectivity index (χ3v) is 4.74. The molecule has 0 aliphatic heterocycles. The van der Waals surface area contributed by atoms with E-state index in [0.29, 0.717) is 17.8 Å². The van der Waals surface area contributed by atoms with E-state index in [1.807, 2.05) is 32.9 Å². The predicted molar refractivity (Wildman–Crippen MR) is 109 cm³/mol. The van der Waals surface area contributed by atoms with Crippen molar-refractivity contribution in [3.8, 4) is 11.7 Å². The first-order valence-electron chi connectivity index (χ1n) is 9.82. The minimum Gasteiger partial charge on any atom is -0.461 e. The molecule has 10 heteroatoms. The van der Waals surface area contributed by atoms with E-state index in [4.69, 9.17) is 4.74 Å². The lowest BCUT2D eigenvalue weighted by Crippen LogP contribution is -2.42. The number of carbonyl (C=O) groups is 1. The van der Waals surface area contributed by atoms with E-state index in [1.165, 1.54) is 4.80 Å². The molecule has 0 radical (unpaired) electrons. The fourth-order valence-corrected chi connectivity index (χ4v) is 3.04. The van der Waals surface area contributed by atoms with Crippen LogP contribution in [-0.4, -0.2) is 55.0 Å². The highest BCUT2D eigenvalue weighted by Crippen LogP contribution is 2.26. The van der Waals surface area contributed by atoms with Gasteiger partial charge in [0.2, 0.25) is 0 Å². The largest absolute Gasteiger partial charge is 0.461 e. The number of ether oxygens (including phenoxy) is 1. The number of amides is 1. The van der Waals surface area contributed by atoms with E-state index in [2.05, 4.69) is 20.2 Å². The molecular weight excluding hydrogens is 406 g/mol. The molecule has 0 unspecified atom stereocenters. The smallest absolute Gasteiger partial charge is 0.316 e. The molecule has 8 nitrogen and oxygen atoms in total. The predicted octanol–water partition coefficient (Wildman–Crippen LogP) is 3.41. The normalized spacial score (nSPS) is 12.5. The lowest BCUT2D eigenvalue weighted by atomic mass is 10.1. The maximum atomic E-state index is 13.3. The lowest BCUT2D eigenvalue weighted by molar-refractivity contribution is 0.0165. The Morgan fingerprint density at radius 1 is 1.23 bits per heavy atom. The van der Waals surface area contributed by atoms with Crippen LogP contribution in [-0.2, 0) is 5.92 Å². The molecular formula is C21H24F2N6O2. The summed E-state index contributed by atoms with van der Waals surface area (Å²) in [6, 6.07) is 5.10. The third-order valence-electron chi connectivity index (χ3n) is 4.74. The molecule has 0 bridgehead atoms. The number of hydrogen-bond donors (Lipinski definition) is 0. The van der Waals surface area contributed by atoms with Gasteiger partial charge in [0.25, 0.3) is 11.8 Å². The molecule has 0 saturated carbocycles. The molecule has 0 spiro atoms. The first-order chi connectivity index (χ1) is 14.7. The average molecular weight is 430 g/mol. The molecule has 1 amide bonds. The number of nitrogens with zero attached hydrogens (tertiary/aromatic N) is 6. The molecule has 3 aromatic rings. The van der Waals surface area contributed by atoms with E-state index in [9.17, 15) is 13.6 Å². The van der Waals surface area contributed by atoms with Gasteiger partial charge in [-0.05, 0) is 38.5 Å². The van der Waals surface area contributed by atoms with Crippen LogP contribution in [0, 0.1) is 6.92 Å². The fourth-order valence-electron chi connectivity index (χ4n) is 3.04. The van der Waals surface area contributed by atoms with E-state index in [-0.39, 0.29) is 30.1 Å². The summed E-state index contributed by atoms with van der Waals surface area (Å²) in [7, 11) is 0. The van der Waals surface area contributed by atoms with Crippen molar-refractivity contribution in [2.75, 3.05) is 13.2 Å². The quantitative estimate of drug-likeness (QED) is 0.544. The lowest BCUT2D eigenvalue weighted by Gasteiger charge is -2.28. The van der Waals surface area contributed by atoms with Gasteiger partial charge in [0.15, 0.2) is 0 Å². The Morgan fingerprint density at radius 2 is 1.87 bits per heavy atom. The highest BCUT2D eigenvalue weighted by atomic mass is 19.3. The van der Waals surface area contributed by atoms with Gasteiger partial charge in [-0.1, -0.05) is 6.07 Å². The van der Waals surface area contributed by atoms with Crippen molar-refractivity contribution >= 4 is 5.91 Å². The summed E-state index contributed by atoms with van der Waals surface area (Å²) in [5.74, 6) is -3.22. The molecule has 0 aliphatic carbocycles. The molecule has 2 heterocycles. The number of likely N-dealkylation sites (N-methyl/N-ethyl adjacent to an activating group) is 1. The maximum Gasteiger partial charge on any atom is 0.316 e. The average Bonchev–Trinajstić information content (AvgIpc) is 3.27. The van der Waals surface area contributed by atoms with Crippen LogP contribution in [0.25, 0.3) is 5.69 Å². The van der Waals surface area contributed by atoms with Crippen LogP contribution < -0.4 is 4.74 Å². The number of halogens is 2. The highest BCUT2D eigenvalue weighted by Gasteiger charge is 2.26. The molecule has 1 atom stereocenters. The number of hydrogen-bond acceptors (Lipinski definition) is 6. The van der Waals surface area contributed by atoms with Crippen LogP contribution in [0.5, 0.6) is 6.01 Å². The molecule has 31 heavy (non-hydrogen) atoms. The van der Waals surface area contributed by atoms with Crippen LogP contribution in [0.2, 0.25) is 0 Å². The standard InChI is InChI=1S/C21H24F2N6O2/c1-5-28(15(3)13-31-20-24-11-16(12-25-20)21(4,22)23)19(30)17-7-6-14(2)10-18(17)29-26-8-9-27-29/h6-12,15H,5,13H2,1-4H3/t15-/m0/s1. The Kier molecular flexibility index (Phi) is 6.57. The van der Waals surface area contributed by atoms with Crippen molar-refractivity contribution in [1.29, 1.82) is 0 Å². The minimum absolute atomic E-state index is 0.0277. The molecule has 0 fully saturated rings. The highest BCUT2D eigenvalue weighted by molar-refractivity contribution is 5.98. The Labute approximate surface area is 178 Å². The van der Waals surface area contributed by atoms with Gasteiger partial charge >= 0.3 is 6.01 Å². The summed E-state index contributed by atoms with van der Waals surface area (Å²) in [6.07, 6.45) is 5.16. The molecule has 1 aromatic carbocycles. The number of rotatable bonds is 8. The second-order valence-corrected chi connectivity index (χ2v) is 7.23. The van der Waals surface area contributed by atoms with E-state index < -0.39 is 5.92 Å². The van der Waals surface area contributed by atoms with Gasteiger partial charge in [0.1, 0.15) is 6.61 Å². The monoisotopic (exact) mass is 430 g/mol. The Bertz CT molecular complexity index is 1020. The van der Waals surface area contributed by atoms with Gasteiger partial charge in [0.05, 0.1) is 35.2 Å². The number of carbonyl (C=O) groups excluding carboxylic acids is 1. The Hall–Kier alpha value is -3.43. The van der Waals surface area contributed by atoms with Gasteiger partial charge in [-0.3, -0.25) is 4.79 Å². The molecule has 0 aliphatic rings. The Balaban J connectivity index is 1.74.